The lowest BCUT2D eigenvalue weighted by Crippen LogP contribution is -2.30. The van der Waals surface area contributed by atoms with Gasteiger partial charge in [-0.1, -0.05) is 0 Å². The van der Waals surface area contributed by atoms with Crippen LogP contribution in [0.1, 0.15) is 34.9 Å². The highest BCUT2D eigenvalue weighted by Gasteiger charge is 2.42. The first-order valence-corrected chi connectivity index (χ1v) is 6.10. The number of methoxy groups -OCH3 is 1. The molecule has 2 rings (SSSR count). The van der Waals surface area contributed by atoms with Gasteiger partial charge in [0.2, 0.25) is 0 Å². The average molecular weight is 292 g/mol. The number of nitrogens with two attached hydrogens (primary N) is 1. The van der Waals surface area contributed by atoms with Crippen molar-refractivity contribution < 1.29 is 22.7 Å². The Balaban J connectivity index is 2.49. The quantitative estimate of drug-likeness (QED) is 0.800. The van der Waals surface area contributed by atoms with Crippen molar-refractivity contribution in [3.8, 4) is 0 Å². The molecule has 3 N–H and O–H groups in total. The molecular formula is C11H15F3N4O2. The topological polar surface area (TPSA) is 82.2 Å². The van der Waals surface area contributed by atoms with Gasteiger partial charge in [0.05, 0.1) is 13.2 Å². The van der Waals surface area contributed by atoms with Crippen LogP contribution in [0.25, 0.3) is 0 Å². The summed E-state index contributed by atoms with van der Waals surface area (Å²) >= 11 is 0. The second kappa shape index (κ2) is 5.31. The zero-order valence-corrected chi connectivity index (χ0v) is 10.8. The molecule has 0 atom stereocenters. The van der Waals surface area contributed by atoms with Crippen molar-refractivity contribution in [1.82, 2.24) is 15.1 Å². The molecule has 2 heterocycles. The number of alkyl halides is 3. The zero-order valence-electron chi connectivity index (χ0n) is 10.8. The van der Waals surface area contributed by atoms with E-state index in [-0.39, 0.29) is 6.04 Å². The summed E-state index contributed by atoms with van der Waals surface area (Å²) in [5, 5.41) is 6.83. The van der Waals surface area contributed by atoms with Gasteiger partial charge in [0.1, 0.15) is 11.4 Å². The van der Waals surface area contributed by atoms with Crippen LogP contribution in [0.3, 0.4) is 0 Å². The average Bonchev–Trinajstić information content (AvgIpc) is 2.76. The van der Waals surface area contributed by atoms with Gasteiger partial charge >= 0.3 is 12.1 Å². The van der Waals surface area contributed by atoms with Crippen molar-refractivity contribution in [2.75, 3.05) is 25.9 Å². The predicted molar refractivity (Wildman–Crippen MR) is 64.1 cm³/mol. The molecule has 0 radical (unpaired) electrons. The van der Waals surface area contributed by atoms with E-state index in [0.717, 1.165) is 11.8 Å². The number of hydrogen-bond acceptors (Lipinski definition) is 5. The summed E-state index contributed by atoms with van der Waals surface area (Å²) < 4.78 is 44.5. The second-order valence-electron chi connectivity index (χ2n) is 4.52. The molecule has 0 aliphatic carbocycles. The van der Waals surface area contributed by atoms with Gasteiger partial charge in [0.25, 0.3) is 0 Å². The standard InChI is InChI=1S/C11H15F3N4O2/c1-20-10(19)8-7(11(12,13)14)9(15)18(17-8)6-2-4-16-5-3-6/h6,16H,2-5,15H2,1H3. The van der Waals surface area contributed by atoms with Crippen LogP contribution in [0.15, 0.2) is 0 Å². The van der Waals surface area contributed by atoms with Crippen LogP contribution in [0.4, 0.5) is 19.0 Å². The highest BCUT2D eigenvalue weighted by molar-refractivity contribution is 5.90. The number of nitrogens with one attached hydrogen (secondary N) is 1. The fourth-order valence-electron chi connectivity index (χ4n) is 2.30. The number of esters is 1. The van der Waals surface area contributed by atoms with E-state index in [1.54, 1.807) is 0 Å². The Labute approximate surface area is 113 Å². The lowest BCUT2D eigenvalue weighted by atomic mass is 10.1. The lowest BCUT2D eigenvalue weighted by Gasteiger charge is -2.23. The molecule has 0 saturated carbocycles. The Bertz CT molecular complexity index is 507. The van der Waals surface area contributed by atoms with Gasteiger partial charge in [-0.15, -0.1) is 0 Å². The predicted octanol–water partition coefficient (Wildman–Crippen LogP) is 1.20. The van der Waals surface area contributed by atoms with Gasteiger partial charge in [-0.25, -0.2) is 9.48 Å². The number of anilines is 1. The normalized spacial score (nSPS) is 17.2. The molecule has 6 nitrogen and oxygen atoms in total. The van der Waals surface area contributed by atoms with Crippen molar-refractivity contribution in [3.63, 3.8) is 0 Å². The van der Waals surface area contributed by atoms with Crippen molar-refractivity contribution in [3.05, 3.63) is 11.3 Å². The molecule has 0 amide bonds. The number of hydrogen-bond donors (Lipinski definition) is 2. The van der Waals surface area contributed by atoms with Crippen molar-refractivity contribution >= 4 is 11.8 Å². The summed E-state index contributed by atoms with van der Waals surface area (Å²) in [6.45, 7) is 1.33. The first-order valence-electron chi connectivity index (χ1n) is 6.10. The monoisotopic (exact) mass is 292 g/mol. The summed E-state index contributed by atoms with van der Waals surface area (Å²) in [7, 11) is 1.00. The van der Waals surface area contributed by atoms with E-state index in [2.05, 4.69) is 15.2 Å². The van der Waals surface area contributed by atoms with E-state index in [9.17, 15) is 18.0 Å². The molecule has 0 unspecified atom stereocenters. The van der Waals surface area contributed by atoms with E-state index in [1.807, 2.05) is 0 Å². The number of carbonyl (C=O) groups is 1. The number of nitrogens with zero attached hydrogens (tertiary/aromatic N) is 2. The Hall–Kier alpha value is -1.77. The fraction of sp³-hybridized carbons (Fsp3) is 0.636. The molecular weight excluding hydrogens is 277 g/mol. The van der Waals surface area contributed by atoms with Gasteiger partial charge in [-0.05, 0) is 25.9 Å². The molecule has 1 aromatic rings. The largest absolute Gasteiger partial charge is 0.464 e. The minimum Gasteiger partial charge on any atom is -0.464 e. The van der Waals surface area contributed by atoms with Crippen LogP contribution in [-0.4, -0.2) is 35.9 Å². The highest BCUT2D eigenvalue weighted by Crippen LogP contribution is 2.38. The summed E-state index contributed by atoms with van der Waals surface area (Å²) in [5.74, 6) is -1.68. The minimum atomic E-state index is -4.75. The minimum absolute atomic E-state index is 0.254. The maximum Gasteiger partial charge on any atom is 0.422 e. The fourth-order valence-corrected chi connectivity index (χ4v) is 2.30. The molecule has 1 aliphatic rings. The number of aromatic nitrogens is 2. The second-order valence-corrected chi connectivity index (χ2v) is 4.52. The Morgan fingerprint density at radius 1 is 1.45 bits per heavy atom. The third-order valence-corrected chi connectivity index (χ3v) is 3.26. The summed E-state index contributed by atoms with van der Waals surface area (Å²) in [6, 6.07) is -0.254. The van der Waals surface area contributed by atoms with E-state index in [0.29, 0.717) is 25.9 Å². The number of rotatable bonds is 2. The van der Waals surface area contributed by atoms with E-state index < -0.39 is 29.2 Å². The first-order chi connectivity index (χ1) is 9.36. The Morgan fingerprint density at radius 2 is 2.05 bits per heavy atom. The van der Waals surface area contributed by atoms with Gasteiger partial charge in [-0.2, -0.15) is 18.3 Å². The molecule has 1 saturated heterocycles. The zero-order chi connectivity index (χ0) is 14.9. The molecule has 0 bridgehead atoms. The van der Waals surface area contributed by atoms with Crippen LogP contribution in [0.5, 0.6) is 0 Å². The van der Waals surface area contributed by atoms with E-state index in [1.165, 1.54) is 0 Å². The van der Waals surface area contributed by atoms with Gasteiger partial charge < -0.3 is 15.8 Å². The SMILES string of the molecule is COC(=O)c1nn(C2CCNCC2)c(N)c1C(F)(F)F. The van der Waals surface area contributed by atoms with Crippen LogP contribution in [0, 0.1) is 0 Å². The van der Waals surface area contributed by atoms with Gasteiger partial charge in [0, 0.05) is 0 Å². The van der Waals surface area contributed by atoms with E-state index in [4.69, 9.17) is 5.73 Å². The maximum absolute atomic E-state index is 13.0. The molecule has 9 heteroatoms. The third kappa shape index (κ3) is 2.58. The molecule has 0 spiro atoms. The summed E-state index contributed by atoms with van der Waals surface area (Å²) in [6.07, 6.45) is -3.55. The molecule has 20 heavy (non-hydrogen) atoms. The van der Waals surface area contributed by atoms with Gasteiger partial charge in [0.15, 0.2) is 5.69 Å². The lowest BCUT2D eigenvalue weighted by molar-refractivity contribution is -0.137. The molecule has 1 aromatic heterocycles. The summed E-state index contributed by atoms with van der Waals surface area (Å²) in [4.78, 5) is 11.5. The molecule has 1 fully saturated rings. The number of nitrogen functional groups attached to an aromatic ring is 1. The van der Waals surface area contributed by atoms with E-state index >= 15 is 0 Å². The highest BCUT2D eigenvalue weighted by atomic mass is 19.4. The number of ether oxygens (including phenoxy) is 1. The molecule has 1 aliphatic heterocycles. The van der Waals surface area contributed by atoms with Gasteiger partial charge in [-0.3, -0.25) is 0 Å². The first kappa shape index (κ1) is 14.6. The van der Waals surface area contributed by atoms with Crippen LogP contribution in [0.2, 0.25) is 0 Å². The van der Waals surface area contributed by atoms with Crippen molar-refractivity contribution in [2.45, 2.75) is 25.1 Å². The molecule has 112 valence electrons. The Kier molecular flexibility index (Phi) is 3.89. The van der Waals surface area contributed by atoms with Crippen LogP contribution >= 0.6 is 0 Å². The number of piperidine rings is 1. The maximum atomic E-state index is 13.0. The van der Waals surface area contributed by atoms with Crippen LogP contribution < -0.4 is 11.1 Å². The number of halogens is 3. The van der Waals surface area contributed by atoms with Crippen molar-refractivity contribution in [1.29, 1.82) is 0 Å². The number of carbonyl (C=O) groups excluding carboxylic acids is 1. The third-order valence-electron chi connectivity index (χ3n) is 3.26. The van der Waals surface area contributed by atoms with Crippen LogP contribution in [-0.2, 0) is 10.9 Å². The van der Waals surface area contributed by atoms with Crippen molar-refractivity contribution in [2.24, 2.45) is 0 Å². The smallest absolute Gasteiger partial charge is 0.422 e. The Morgan fingerprint density at radius 3 is 2.55 bits per heavy atom. The molecule has 0 aromatic carbocycles. The summed E-state index contributed by atoms with van der Waals surface area (Å²) in [5.41, 5.74) is 3.56.